The van der Waals surface area contributed by atoms with Gasteiger partial charge in [-0.3, -0.25) is 0 Å². The van der Waals surface area contributed by atoms with Crippen LogP contribution in [0, 0.1) is 0 Å². The van der Waals surface area contributed by atoms with Crippen LogP contribution in [-0.4, -0.2) is 47.8 Å². The number of ether oxygens (including phenoxy) is 4. The van der Waals surface area contributed by atoms with Gasteiger partial charge in [0.1, 0.15) is 17.5 Å². The van der Waals surface area contributed by atoms with Crippen molar-refractivity contribution in [3.63, 3.8) is 0 Å². The molecule has 0 bridgehead atoms. The van der Waals surface area contributed by atoms with Crippen LogP contribution in [0.2, 0.25) is 0 Å². The Morgan fingerprint density at radius 2 is 1.12 bits per heavy atom. The first-order valence-corrected chi connectivity index (χ1v) is 11.5. The molecule has 4 atom stereocenters. The van der Waals surface area contributed by atoms with Gasteiger partial charge in [-0.2, -0.15) is 0 Å². The van der Waals surface area contributed by atoms with E-state index in [2.05, 4.69) is 15.9 Å². The van der Waals surface area contributed by atoms with Crippen LogP contribution in [0.5, 0.6) is 0 Å². The van der Waals surface area contributed by atoms with E-state index in [1.165, 1.54) is 0 Å². The fourth-order valence-electron chi connectivity index (χ4n) is 3.38. The molecule has 0 saturated carbocycles. The normalized spacial score (nSPS) is 21.4. The molecule has 1 saturated heterocycles. The molecule has 34 heavy (non-hydrogen) atoms. The zero-order valence-corrected chi connectivity index (χ0v) is 19.5. The van der Waals surface area contributed by atoms with Crippen LogP contribution in [0.4, 0.5) is 0 Å². The maximum atomic E-state index is 12.7. The second-order valence-electron chi connectivity index (χ2n) is 7.46. The van der Waals surface area contributed by atoms with Crippen LogP contribution in [0.3, 0.4) is 0 Å². The minimum atomic E-state index is -1.07. The SMILES string of the molecule is O=C(OC[C@@H]1O[C@@H](OC(=O)c2ccccc2)[C@H](Br)[C@H]1OC(=O)c1ccccc1)c1ccccc1. The lowest BCUT2D eigenvalue weighted by Crippen LogP contribution is -2.37. The molecular weight excluding hydrogens is 504 g/mol. The maximum absolute atomic E-state index is 12.7. The summed E-state index contributed by atoms with van der Waals surface area (Å²) in [5.41, 5.74) is 1.08. The van der Waals surface area contributed by atoms with Crippen LogP contribution in [0.1, 0.15) is 31.1 Å². The molecule has 3 aromatic rings. The van der Waals surface area contributed by atoms with E-state index in [-0.39, 0.29) is 6.61 Å². The standard InChI is InChI=1S/C26H21BrO7/c27-21-22(33-24(29)18-12-6-2-7-13-18)20(16-31-23(28)17-10-4-1-5-11-17)32-26(21)34-25(30)19-14-8-3-9-15-19/h1-15,20-22,26H,16H2/t20-,21+,22-,26-/m0/s1. The third-order valence-corrected chi connectivity index (χ3v) is 6.08. The maximum Gasteiger partial charge on any atom is 0.340 e. The molecule has 174 valence electrons. The molecule has 0 spiro atoms. The van der Waals surface area contributed by atoms with Crippen LogP contribution in [0.15, 0.2) is 91.0 Å². The molecule has 3 aromatic carbocycles. The molecule has 0 aromatic heterocycles. The number of hydrogen-bond acceptors (Lipinski definition) is 7. The molecule has 0 radical (unpaired) electrons. The van der Waals surface area contributed by atoms with Crippen molar-refractivity contribution in [2.45, 2.75) is 23.3 Å². The molecule has 0 amide bonds. The Labute approximate surface area is 204 Å². The van der Waals surface area contributed by atoms with E-state index in [4.69, 9.17) is 18.9 Å². The van der Waals surface area contributed by atoms with Crippen LogP contribution in [-0.2, 0) is 18.9 Å². The molecule has 7 nitrogen and oxygen atoms in total. The summed E-state index contributed by atoms with van der Waals surface area (Å²) in [4.78, 5) is 36.9. The second-order valence-corrected chi connectivity index (χ2v) is 8.52. The highest BCUT2D eigenvalue weighted by Gasteiger charge is 2.48. The number of hydrogen-bond donors (Lipinski definition) is 0. The van der Waals surface area contributed by atoms with Gasteiger partial charge in [0.2, 0.25) is 6.29 Å². The molecule has 8 heteroatoms. The Kier molecular flexibility index (Phi) is 7.72. The predicted molar refractivity (Wildman–Crippen MR) is 126 cm³/mol. The fraction of sp³-hybridized carbons (Fsp3) is 0.192. The first kappa shape index (κ1) is 23.7. The molecule has 0 unspecified atom stereocenters. The van der Waals surface area contributed by atoms with Gasteiger partial charge in [0, 0.05) is 0 Å². The van der Waals surface area contributed by atoms with Crippen LogP contribution >= 0.6 is 15.9 Å². The van der Waals surface area contributed by atoms with E-state index in [0.717, 1.165) is 0 Å². The number of alkyl halides is 1. The van der Waals surface area contributed by atoms with Gasteiger partial charge in [0.15, 0.2) is 6.10 Å². The molecular formula is C26H21BrO7. The highest BCUT2D eigenvalue weighted by molar-refractivity contribution is 9.09. The number of rotatable bonds is 7. The van der Waals surface area contributed by atoms with Gasteiger partial charge in [-0.25, -0.2) is 14.4 Å². The van der Waals surface area contributed by atoms with Gasteiger partial charge in [-0.05, 0) is 36.4 Å². The van der Waals surface area contributed by atoms with E-state index in [1.807, 2.05) is 0 Å². The van der Waals surface area contributed by atoms with Crippen molar-refractivity contribution in [1.29, 1.82) is 0 Å². The Morgan fingerprint density at radius 1 is 0.676 bits per heavy atom. The van der Waals surface area contributed by atoms with Crippen molar-refractivity contribution < 1.29 is 33.3 Å². The number of benzene rings is 3. The summed E-state index contributed by atoms with van der Waals surface area (Å²) in [6.07, 6.45) is -2.81. The van der Waals surface area contributed by atoms with E-state index in [9.17, 15) is 14.4 Å². The second kappa shape index (κ2) is 11.1. The zero-order chi connectivity index (χ0) is 23.9. The van der Waals surface area contributed by atoms with Gasteiger partial charge in [0.05, 0.1) is 16.7 Å². The Balaban J connectivity index is 1.47. The topological polar surface area (TPSA) is 88.1 Å². The molecule has 4 rings (SSSR count). The van der Waals surface area contributed by atoms with E-state index >= 15 is 0 Å². The summed E-state index contributed by atoms with van der Waals surface area (Å²) in [5.74, 6) is -1.72. The summed E-state index contributed by atoms with van der Waals surface area (Å²) < 4.78 is 22.4. The van der Waals surface area contributed by atoms with Gasteiger partial charge in [-0.15, -0.1) is 0 Å². The first-order chi connectivity index (χ1) is 16.5. The lowest BCUT2D eigenvalue weighted by atomic mass is 10.1. The van der Waals surface area contributed by atoms with Crippen molar-refractivity contribution in [1.82, 2.24) is 0 Å². The van der Waals surface area contributed by atoms with Crippen LogP contribution in [0.25, 0.3) is 0 Å². The third kappa shape index (κ3) is 5.70. The molecule has 1 aliphatic heterocycles. The first-order valence-electron chi connectivity index (χ1n) is 10.6. The van der Waals surface area contributed by atoms with Crippen molar-refractivity contribution >= 4 is 33.8 Å². The molecule has 1 aliphatic rings. The minimum Gasteiger partial charge on any atom is -0.459 e. The third-order valence-electron chi connectivity index (χ3n) is 5.12. The van der Waals surface area contributed by atoms with Crippen molar-refractivity contribution in [3.05, 3.63) is 108 Å². The Morgan fingerprint density at radius 3 is 1.62 bits per heavy atom. The molecule has 0 aliphatic carbocycles. The van der Waals surface area contributed by atoms with Crippen molar-refractivity contribution in [2.24, 2.45) is 0 Å². The van der Waals surface area contributed by atoms with E-state index in [1.54, 1.807) is 91.0 Å². The quantitative estimate of drug-likeness (QED) is 0.257. The molecule has 0 N–H and O–H groups in total. The average Bonchev–Trinajstić information content (AvgIpc) is 3.17. The lowest BCUT2D eigenvalue weighted by molar-refractivity contribution is -0.116. The summed E-state index contributed by atoms with van der Waals surface area (Å²) in [5, 5.41) is 0. The van der Waals surface area contributed by atoms with Gasteiger partial charge >= 0.3 is 17.9 Å². The van der Waals surface area contributed by atoms with Gasteiger partial charge in [0.25, 0.3) is 0 Å². The summed E-state index contributed by atoms with van der Waals surface area (Å²) in [7, 11) is 0. The highest BCUT2D eigenvalue weighted by atomic mass is 79.9. The van der Waals surface area contributed by atoms with E-state index in [0.29, 0.717) is 16.7 Å². The molecule has 1 fully saturated rings. The summed E-state index contributed by atoms with van der Waals surface area (Å²) in [6.45, 7) is -0.206. The largest absolute Gasteiger partial charge is 0.459 e. The van der Waals surface area contributed by atoms with Crippen molar-refractivity contribution in [2.75, 3.05) is 6.61 Å². The minimum absolute atomic E-state index is 0.206. The smallest absolute Gasteiger partial charge is 0.340 e. The monoisotopic (exact) mass is 524 g/mol. The number of esters is 3. The van der Waals surface area contributed by atoms with E-state index < -0.39 is 41.2 Å². The predicted octanol–water partition coefficient (Wildman–Crippen LogP) is 4.41. The number of carbonyl (C=O) groups excluding carboxylic acids is 3. The number of halogens is 1. The fourth-order valence-corrected chi connectivity index (χ4v) is 4.06. The molecule has 1 heterocycles. The summed E-state index contributed by atoms with van der Waals surface area (Å²) in [6, 6.07) is 25.4. The van der Waals surface area contributed by atoms with Crippen molar-refractivity contribution in [3.8, 4) is 0 Å². The Hall–Kier alpha value is -3.49. The van der Waals surface area contributed by atoms with Gasteiger partial charge in [-0.1, -0.05) is 70.5 Å². The lowest BCUT2D eigenvalue weighted by Gasteiger charge is -2.20. The highest BCUT2D eigenvalue weighted by Crippen LogP contribution is 2.32. The zero-order valence-electron chi connectivity index (χ0n) is 17.9. The average molecular weight is 525 g/mol. The Bertz CT molecular complexity index is 1120. The summed E-state index contributed by atoms with van der Waals surface area (Å²) >= 11 is 3.45. The van der Waals surface area contributed by atoms with Crippen LogP contribution < -0.4 is 0 Å². The van der Waals surface area contributed by atoms with Gasteiger partial charge < -0.3 is 18.9 Å². The number of carbonyl (C=O) groups is 3.